The number of thiocarbonyl (C=S) groups is 1. The van der Waals surface area contributed by atoms with Crippen molar-refractivity contribution in [1.82, 2.24) is 14.8 Å². The number of carbonyl (C=O) groups excluding carboxylic acids is 1. The summed E-state index contributed by atoms with van der Waals surface area (Å²) in [6.45, 7) is 5.17. The summed E-state index contributed by atoms with van der Waals surface area (Å²) in [4.78, 5) is 21.9. The molecule has 2 aromatic rings. The van der Waals surface area contributed by atoms with Gasteiger partial charge < -0.3 is 4.74 Å². The number of fused-ring (bicyclic) bond motifs is 1. The zero-order valence-corrected chi connectivity index (χ0v) is 16.6. The largest absolute Gasteiger partial charge is 0.379 e. The quantitative estimate of drug-likeness (QED) is 0.569. The standard InChI is InChI=1S/C20H21N3O2S2/c24-19-18(14-15-4-5-17-16(13-15)3-1-6-21-17)27-20(26)23(19)8-2-7-22-9-11-25-12-10-22/h1,3-6,13-14H,2,7-12H2. The number of benzene rings is 1. The number of hydrogen-bond acceptors (Lipinski definition) is 6. The Hall–Kier alpha value is -1.80. The Kier molecular flexibility index (Phi) is 5.83. The third-order valence-electron chi connectivity index (χ3n) is 4.76. The minimum absolute atomic E-state index is 0.0123. The molecule has 0 spiro atoms. The molecule has 0 aliphatic carbocycles. The summed E-state index contributed by atoms with van der Waals surface area (Å²) in [7, 11) is 0. The van der Waals surface area contributed by atoms with E-state index >= 15 is 0 Å². The maximum absolute atomic E-state index is 12.8. The number of carbonyl (C=O) groups is 1. The van der Waals surface area contributed by atoms with Gasteiger partial charge in [-0.3, -0.25) is 19.6 Å². The smallest absolute Gasteiger partial charge is 0.266 e. The highest BCUT2D eigenvalue weighted by molar-refractivity contribution is 8.26. The van der Waals surface area contributed by atoms with Crippen LogP contribution in [0.2, 0.25) is 0 Å². The second-order valence-electron chi connectivity index (χ2n) is 6.60. The van der Waals surface area contributed by atoms with E-state index in [2.05, 4.69) is 9.88 Å². The van der Waals surface area contributed by atoms with Crippen molar-refractivity contribution >= 4 is 51.2 Å². The minimum atomic E-state index is 0.0123. The van der Waals surface area contributed by atoms with Gasteiger partial charge in [0.2, 0.25) is 0 Å². The van der Waals surface area contributed by atoms with Crippen molar-refractivity contribution in [1.29, 1.82) is 0 Å². The fourth-order valence-electron chi connectivity index (χ4n) is 3.31. The number of hydrogen-bond donors (Lipinski definition) is 0. The van der Waals surface area contributed by atoms with E-state index in [1.54, 1.807) is 11.1 Å². The minimum Gasteiger partial charge on any atom is -0.379 e. The molecule has 0 radical (unpaired) electrons. The Labute approximate surface area is 168 Å². The van der Waals surface area contributed by atoms with Crippen LogP contribution in [-0.4, -0.2) is 64.4 Å². The van der Waals surface area contributed by atoms with Crippen LogP contribution in [-0.2, 0) is 9.53 Å². The van der Waals surface area contributed by atoms with Crippen molar-refractivity contribution in [3.05, 3.63) is 47.0 Å². The number of aromatic nitrogens is 1. The highest BCUT2D eigenvalue weighted by Crippen LogP contribution is 2.33. The van der Waals surface area contributed by atoms with Crippen LogP contribution in [0.15, 0.2) is 41.4 Å². The number of nitrogens with zero attached hydrogens (tertiary/aromatic N) is 3. The predicted molar refractivity (Wildman–Crippen MR) is 113 cm³/mol. The zero-order chi connectivity index (χ0) is 18.6. The number of pyridine rings is 1. The van der Waals surface area contributed by atoms with Gasteiger partial charge in [-0.2, -0.15) is 0 Å². The van der Waals surface area contributed by atoms with Gasteiger partial charge in [0.25, 0.3) is 5.91 Å². The van der Waals surface area contributed by atoms with Crippen LogP contribution in [0.25, 0.3) is 17.0 Å². The SMILES string of the molecule is O=C1C(=Cc2ccc3ncccc3c2)SC(=S)N1CCCN1CCOCC1. The molecule has 0 atom stereocenters. The maximum Gasteiger partial charge on any atom is 0.266 e. The molecule has 1 aromatic heterocycles. The Bertz CT molecular complexity index is 894. The van der Waals surface area contributed by atoms with E-state index in [1.807, 2.05) is 36.4 Å². The predicted octanol–water partition coefficient (Wildman–Crippen LogP) is 3.16. The van der Waals surface area contributed by atoms with Gasteiger partial charge in [0.1, 0.15) is 4.32 Å². The third kappa shape index (κ3) is 4.38. The summed E-state index contributed by atoms with van der Waals surface area (Å²) in [6.07, 6.45) is 4.62. The van der Waals surface area contributed by atoms with E-state index in [0.717, 1.165) is 55.7 Å². The van der Waals surface area contributed by atoms with Crippen molar-refractivity contribution in [3.8, 4) is 0 Å². The van der Waals surface area contributed by atoms with Gasteiger partial charge in [-0.25, -0.2) is 0 Å². The van der Waals surface area contributed by atoms with Crippen molar-refractivity contribution in [3.63, 3.8) is 0 Å². The maximum atomic E-state index is 12.8. The fraction of sp³-hybridized carbons (Fsp3) is 0.350. The Morgan fingerprint density at radius 1 is 1.22 bits per heavy atom. The lowest BCUT2D eigenvalue weighted by Crippen LogP contribution is -2.38. The van der Waals surface area contributed by atoms with Crippen LogP contribution in [0.3, 0.4) is 0 Å². The first-order valence-corrected chi connectivity index (χ1v) is 10.3. The molecule has 7 heteroatoms. The van der Waals surface area contributed by atoms with Gasteiger partial charge in [-0.15, -0.1) is 0 Å². The number of rotatable bonds is 5. The van der Waals surface area contributed by atoms with Gasteiger partial charge in [0, 0.05) is 37.8 Å². The van der Waals surface area contributed by atoms with Crippen LogP contribution >= 0.6 is 24.0 Å². The first kappa shape index (κ1) is 18.6. The van der Waals surface area contributed by atoms with E-state index in [4.69, 9.17) is 17.0 Å². The van der Waals surface area contributed by atoms with Gasteiger partial charge in [0.15, 0.2) is 0 Å². The van der Waals surface area contributed by atoms with Crippen molar-refractivity contribution in [2.75, 3.05) is 39.4 Å². The highest BCUT2D eigenvalue weighted by Gasteiger charge is 2.31. The molecule has 2 saturated heterocycles. The van der Waals surface area contributed by atoms with E-state index in [1.165, 1.54) is 11.8 Å². The van der Waals surface area contributed by atoms with Crippen molar-refractivity contribution < 1.29 is 9.53 Å². The summed E-state index contributed by atoms with van der Waals surface area (Å²) in [5, 5.41) is 1.06. The van der Waals surface area contributed by atoms with E-state index in [9.17, 15) is 4.79 Å². The summed E-state index contributed by atoms with van der Waals surface area (Å²) < 4.78 is 6.02. The van der Waals surface area contributed by atoms with Gasteiger partial charge in [-0.05, 0) is 36.3 Å². The summed E-state index contributed by atoms with van der Waals surface area (Å²) in [5.41, 5.74) is 1.94. The molecule has 2 fully saturated rings. The van der Waals surface area contributed by atoms with Crippen LogP contribution < -0.4 is 0 Å². The Morgan fingerprint density at radius 3 is 2.93 bits per heavy atom. The lowest BCUT2D eigenvalue weighted by Gasteiger charge is -2.27. The monoisotopic (exact) mass is 399 g/mol. The zero-order valence-electron chi connectivity index (χ0n) is 15.0. The fourth-order valence-corrected chi connectivity index (χ4v) is 4.61. The highest BCUT2D eigenvalue weighted by atomic mass is 32.2. The average Bonchev–Trinajstić information content (AvgIpc) is 2.96. The molecule has 5 nitrogen and oxygen atoms in total. The molecule has 0 saturated carbocycles. The molecular formula is C20H21N3O2S2. The summed E-state index contributed by atoms with van der Waals surface area (Å²) in [5.74, 6) is 0.0123. The van der Waals surface area contributed by atoms with E-state index in [0.29, 0.717) is 15.8 Å². The van der Waals surface area contributed by atoms with Gasteiger partial charge in [-0.1, -0.05) is 36.1 Å². The lowest BCUT2D eigenvalue weighted by atomic mass is 10.1. The molecule has 0 N–H and O–H groups in total. The van der Waals surface area contributed by atoms with Crippen LogP contribution in [0.1, 0.15) is 12.0 Å². The summed E-state index contributed by atoms with van der Waals surface area (Å²) in [6, 6.07) is 9.95. The Balaban J connectivity index is 1.41. The van der Waals surface area contributed by atoms with Gasteiger partial charge >= 0.3 is 0 Å². The molecule has 140 valence electrons. The second kappa shape index (κ2) is 8.48. The number of morpholine rings is 1. The first-order chi connectivity index (χ1) is 13.2. The number of amides is 1. The summed E-state index contributed by atoms with van der Waals surface area (Å²) >= 11 is 6.83. The molecular weight excluding hydrogens is 378 g/mol. The topological polar surface area (TPSA) is 45.7 Å². The number of ether oxygens (including phenoxy) is 1. The van der Waals surface area contributed by atoms with Crippen LogP contribution in [0.5, 0.6) is 0 Å². The third-order valence-corrected chi connectivity index (χ3v) is 6.14. The van der Waals surface area contributed by atoms with Crippen molar-refractivity contribution in [2.24, 2.45) is 0 Å². The average molecular weight is 400 g/mol. The molecule has 0 bridgehead atoms. The second-order valence-corrected chi connectivity index (χ2v) is 8.27. The van der Waals surface area contributed by atoms with Crippen LogP contribution in [0.4, 0.5) is 0 Å². The molecule has 0 unspecified atom stereocenters. The molecule has 4 rings (SSSR count). The molecule has 1 amide bonds. The first-order valence-electron chi connectivity index (χ1n) is 9.11. The molecule has 1 aromatic carbocycles. The van der Waals surface area contributed by atoms with Gasteiger partial charge in [0.05, 0.1) is 23.6 Å². The van der Waals surface area contributed by atoms with Crippen molar-refractivity contribution in [2.45, 2.75) is 6.42 Å². The Morgan fingerprint density at radius 2 is 2.07 bits per heavy atom. The molecule has 3 heterocycles. The van der Waals surface area contributed by atoms with Crippen LogP contribution in [0, 0.1) is 0 Å². The molecule has 27 heavy (non-hydrogen) atoms. The molecule has 2 aliphatic rings. The van der Waals surface area contributed by atoms with E-state index in [-0.39, 0.29) is 5.91 Å². The molecule has 2 aliphatic heterocycles. The lowest BCUT2D eigenvalue weighted by molar-refractivity contribution is -0.122. The normalized spacial score (nSPS) is 20.1. The van der Waals surface area contributed by atoms with E-state index < -0.39 is 0 Å². The number of thioether (sulfide) groups is 1.